The monoisotopic (exact) mass is 390 g/mol. The molecule has 0 spiro atoms. The van der Waals surface area contributed by atoms with Crippen LogP contribution in [0.25, 0.3) is 0 Å². The molecule has 1 fully saturated rings. The van der Waals surface area contributed by atoms with E-state index in [1.54, 1.807) is 35.6 Å². The van der Waals surface area contributed by atoms with Crippen molar-refractivity contribution >= 4 is 29.1 Å². The highest BCUT2D eigenvalue weighted by atomic mass is 32.1. The molecule has 1 saturated heterocycles. The van der Waals surface area contributed by atoms with Crippen LogP contribution in [0.15, 0.2) is 23.7 Å². The van der Waals surface area contributed by atoms with Crippen LogP contribution in [-0.2, 0) is 4.79 Å². The first kappa shape index (κ1) is 19.1. The summed E-state index contributed by atoms with van der Waals surface area (Å²) in [6.07, 6.45) is 2.76. The Kier molecular flexibility index (Phi) is 5.59. The van der Waals surface area contributed by atoms with Crippen LogP contribution in [0.4, 0.5) is 0 Å². The molecule has 1 atom stereocenters. The van der Waals surface area contributed by atoms with Crippen molar-refractivity contribution in [3.8, 4) is 0 Å². The van der Waals surface area contributed by atoms with Crippen LogP contribution in [0.3, 0.4) is 0 Å². The summed E-state index contributed by atoms with van der Waals surface area (Å²) < 4.78 is 1.74. The van der Waals surface area contributed by atoms with Gasteiger partial charge >= 0.3 is 5.97 Å². The highest BCUT2D eigenvalue weighted by molar-refractivity contribution is 7.12. The molecule has 2 aromatic rings. The smallest absolute Gasteiger partial charge is 0.339 e. The maximum absolute atomic E-state index is 12.6. The summed E-state index contributed by atoms with van der Waals surface area (Å²) in [7, 11) is 0. The molecule has 1 unspecified atom stereocenters. The lowest BCUT2D eigenvalue weighted by Crippen LogP contribution is -2.49. The Morgan fingerprint density at radius 2 is 2.04 bits per heavy atom. The van der Waals surface area contributed by atoms with Crippen LogP contribution >= 0.6 is 11.3 Å². The number of rotatable bonds is 5. The molecule has 0 bridgehead atoms. The van der Waals surface area contributed by atoms with Gasteiger partial charge in [-0.2, -0.15) is 5.10 Å². The summed E-state index contributed by atoms with van der Waals surface area (Å²) in [4.78, 5) is 38.2. The normalized spacial score (nSPS) is 16.1. The summed E-state index contributed by atoms with van der Waals surface area (Å²) >= 11 is 1.34. The minimum atomic E-state index is -0.985. The minimum absolute atomic E-state index is 0.0677. The predicted molar refractivity (Wildman–Crippen MR) is 100 cm³/mol. The Labute approximate surface area is 160 Å². The van der Waals surface area contributed by atoms with Crippen molar-refractivity contribution in [1.82, 2.24) is 20.0 Å². The molecule has 0 radical (unpaired) electrons. The average molecular weight is 390 g/mol. The first-order chi connectivity index (χ1) is 12.9. The standard InChI is InChI=1S/C18H22N4O4S/c1-11(20-16(23)15-4-3-9-27-15)17(24)21-7-5-13(6-8-21)22-12(2)14(10-19-22)18(25)26/h3-4,9-11,13H,5-8H2,1-2H3,(H,20,23)(H,25,26). The van der Waals surface area contributed by atoms with Gasteiger partial charge in [-0.05, 0) is 38.1 Å². The highest BCUT2D eigenvalue weighted by Gasteiger charge is 2.29. The first-order valence-corrected chi connectivity index (χ1v) is 9.67. The third-order valence-corrected chi connectivity index (χ3v) is 5.73. The Morgan fingerprint density at radius 1 is 1.33 bits per heavy atom. The van der Waals surface area contributed by atoms with Gasteiger partial charge < -0.3 is 15.3 Å². The number of hydrogen-bond donors (Lipinski definition) is 2. The Morgan fingerprint density at radius 3 is 2.59 bits per heavy atom. The fraction of sp³-hybridized carbons (Fsp3) is 0.444. The van der Waals surface area contributed by atoms with Gasteiger partial charge in [-0.3, -0.25) is 14.3 Å². The number of carboxylic acids is 1. The summed E-state index contributed by atoms with van der Waals surface area (Å²) in [6, 6.07) is 2.99. The van der Waals surface area contributed by atoms with Gasteiger partial charge in [0.15, 0.2) is 0 Å². The Balaban J connectivity index is 1.56. The first-order valence-electron chi connectivity index (χ1n) is 8.79. The molecule has 0 aromatic carbocycles. The lowest BCUT2D eigenvalue weighted by atomic mass is 10.0. The van der Waals surface area contributed by atoms with Crippen molar-refractivity contribution in [3.63, 3.8) is 0 Å². The van der Waals surface area contributed by atoms with Gasteiger partial charge in [0.05, 0.1) is 22.8 Å². The van der Waals surface area contributed by atoms with Gasteiger partial charge in [-0.1, -0.05) is 6.07 Å². The van der Waals surface area contributed by atoms with E-state index in [0.29, 0.717) is 36.5 Å². The second-order valence-corrected chi connectivity index (χ2v) is 7.57. The van der Waals surface area contributed by atoms with Gasteiger partial charge in [-0.15, -0.1) is 11.3 Å². The molecule has 3 rings (SSSR count). The van der Waals surface area contributed by atoms with E-state index in [4.69, 9.17) is 5.11 Å². The minimum Gasteiger partial charge on any atom is -0.478 e. The van der Waals surface area contributed by atoms with E-state index in [2.05, 4.69) is 10.4 Å². The van der Waals surface area contributed by atoms with Crippen molar-refractivity contribution < 1.29 is 19.5 Å². The number of nitrogens with one attached hydrogen (secondary N) is 1. The summed E-state index contributed by atoms with van der Waals surface area (Å²) in [5.74, 6) is -1.34. The molecule has 144 valence electrons. The Hall–Kier alpha value is -2.68. The second-order valence-electron chi connectivity index (χ2n) is 6.62. The number of thiophene rings is 1. The molecule has 0 aliphatic carbocycles. The van der Waals surface area contributed by atoms with E-state index < -0.39 is 12.0 Å². The van der Waals surface area contributed by atoms with E-state index >= 15 is 0 Å². The van der Waals surface area contributed by atoms with Crippen molar-refractivity contribution in [1.29, 1.82) is 0 Å². The zero-order chi connectivity index (χ0) is 19.6. The second kappa shape index (κ2) is 7.91. The molecular formula is C18H22N4O4S. The van der Waals surface area contributed by atoms with E-state index in [1.165, 1.54) is 17.5 Å². The molecule has 27 heavy (non-hydrogen) atoms. The molecule has 2 amide bonds. The van der Waals surface area contributed by atoms with Crippen LogP contribution in [0.5, 0.6) is 0 Å². The lowest BCUT2D eigenvalue weighted by molar-refractivity contribution is -0.134. The van der Waals surface area contributed by atoms with E-state index in [0.717, 1.165) is 0 Å². The van der Waals surface area contributed by atoms with Crippen LogP contribution in [0.1, 0.15) is 51.5 Å². The van der Waals surface area contributed by atoms with Gasteiger partial charge in [0.1, 0.15) is 11.6 Å². The number of piperidine rings is 1. The lowest BCUT2D eigenvalue weighted by Gasteiger charge is -2.34. The molecule has 9 heteroatoms. The number of carbonyl (C=O) groups excluding carboxylic acids is 2. The summed E-state index contributed by atoms with van der Waals surface area (Å²) in [6.45, 7) is 4.53. The number of amides is 2. The number of aromatic nitrogens is 2. The topological polar surface area (TPSA) is 105 Å². The molecule has 8 nitrogen and oxygen atoms in total. The predicted octanol–water partition coefficient (Wildman–Crippen LogP) is 1.93. The number of hydrogen-bond acceptors (Lipinski definition) is 5. The molecule has 2 aromatic heterocycles. The number of likely N-dealkylation sites (tertiary alicyclic amines) is 1. The summed E-state index contributed by atoms with van der Waals surface area (Å²) in [5, 5.41) is 17.9. The highest BCUT2D eigenvalue weighted by Crippen LogP contribution is 2.25. The van der Waals surface area contributed by atoms with Gasteiger partial charge in [0.2, 0.25) is 5.91 Å². The fourth-order valence-electron chi connectivity index (χ4n) is 3.34. The fourth-order valence-corrected chi connectivity index (χ4v) is 3.97. The van der Waals surface area contributed by atoms with Crippen molar-refractivity contribution in [2.24, 2.45) is 0 Å². The number of carboxylic acid groups (broad SMARTS) is 1. The van der Waals surface area contributed by atoms with Crippen LogP contribution < -0.4 is 5.32 Å². The Bertz CT molecular complexity index is 838. The molecule has 0 saturated carbocycles. The van der Waals surface area contributed by atoms with E-state index in [9.17, 15) is 14.4 Å². The molecular weight excluding hydrogens is 368 g/mol. The van der Waals surface area contributed by atoms with Gasteiger partial charge in [0.25, 0.3) is 5.91 Å². The molecule has 2 N–H and O–H groups in total. The zero-order valence-electron chi connectivity index (χ0n) is 15.2. The largest absolute Gasteiger partial charge is 0.478 e. The number of carbonyl (C=O) groups is 3. The van der Waals surface area contributed by atoms with Crippen LogP contribution in [0, 0.1) is 6.92 Å². The molecule has 3 heterocycles. The van der Waals surface area contributed by atoms with E-state index in [-0.39, 0.29) is 23.4 Å². The number of aromatic carboxylic acids is 1. The van der Waals surface area contributed by atoms with Gasteiger partial charge in [-0.25, -0.2) is 4.79 Å². The third kappa shape index (κ3) is 4.02. The van der Waals surface area contributed by atoms with Crippen molar-refractivity contribution in [3.05, 3.63) is 39.8 Å². The number of nitrogens with zero attached hydrogens (tertiary/aromatic N) is 3. The molecule has 1 aliphatic heterocycles. The van der Waals surface area contributed by atoms with Crippen molar-refractivity contribution in [2.45, 2.75) is 38.8 Å². The zero-order valence-corrected chi connectivity index (χ0v) is 16.0. The van der Waals surface area contributed by atoms with Gasteiger partial charge in [0, 0.05) is 13.1 Å². The molecule has 1 aliphatic rings. The average Bonchev–Trinajstić information content (AvgIpc) is 3.31. The summed E-state index contributed by atoms with van der Waals surface area (Å²) in [5.41, 5.74) is 0.835. The van der Waals surface area contributed by atoms with Crippen molar-refractivity contribution in [2.75, 3.05) is 13.1 Å². The third-order valence-electron chi connectivity index (χ3n) is 4.86. The maximum atomic E-state index is 12.6. The maximum Gasteiger partial charge on any atom is 0.339 e. The van der Waals surface area contributed by atoms with Crippen LogP contribution in [-0.4, -0.2) is 56.7 Å². The van der Waals surface area contributed by atoms with E-state index in [1.807, 2.05) is 5.38 Å². The SMILES string of the molecule is Cc1c(C(=O)O)cnn1C1CCN(C(=O)C(C)NC(=O)c2cccs2)CC1. The van der Waals surface area contributed by atoms with Crippen LogP contribution in [0.2, 0.25) is 0 Å². The quantitative estimate of drug-likeness (QED) is 0.812.